The molecule has 1 N–H and O–H groups in total. The Hall–Kier alpha value is -0.830. The second kappa shape index (κ2) is 5.02. The molecule has 1 unspecified atom stereocenters. The molecule has 0 spiro atoms. The number of carbonyl (C=O) groups excluding carboxylic acids is 1. The van der Waals surface area contributed by atoms with E-state index in [9.17, 15) is 4.79 Å². The molecule has 0 aliphatic rings. The van der Waals surface area contributed by atoms with Gasteiger partial charge in [-0.05, 0) is 12.8 Å². The highest BCUT2D eigenvalue weighted by molar-refractivity contribution is 5.80. The molecule has 0 heterocycles. The van der Waals surface area contributed by atoms with Crippen LogP contribution >= 0.6 is 0 Å². The van der Waals surface area contributed by atoms with Gasteiger partial charge in [0.1, 0.15) is 5.54 Å². The number of esters is 1. The van der Waals surface area contributed by atoms with E-state index in [4.69, 9.17) is 4.74 Å². The highest BCUT2D eigenvalue weighted by Gasteiger charge is 2.36. The zero-order valence-corrected chi connectivity index (χ0v) is 8.89. The lowest BCUT2D eigenvalue weighted by Crippen LogP contribution is -2.54. The van der Waals surface area contributed by atoms with Gasteiger partial charge >= 0.3 is 5.97 Å². The molecule has 3 heteroatoms. The standard InChI is InChI=1S/C10H19NO2/c1-6-7-11-10(4,8(2)3)9(12)13-5/h6,8,11H,1,7H2,2-5H3. The van der Waals surface area contributed by atoms with Crippen LogP contribution < -0.4 is 5.32 Å². The lowest BCUT2D eigenvalue weighted by molar-refractivity contribution is -0.149. The zero-order chi connectivity index (χ0) is 10.5. The molecule has 0 radical (unpaired) electrons. The summed E-state index contributed by atoms with van der Waals surface area (Å²) in [6.45, 7) is 9.99. The predicted octanol–water partition coefficient (Wildman–Crippen LogP) is 1.35. The number of rotatable bonds is 5. The minimum absolute atomic E-state index is 0.180. The van der Waals surface area contributed by atoms with Gasteiger partial charge in [-0.1, -0.05) is 19.9 Å². The Bertz CT molecular complexity index is 189. The molecule has 0 bridgehead atoms. The lowest BCUT2D eigenvalue weighted by Gasteiger charge is -2.31. The second-order valence-electron chi connectivity index (χ2n) is 3.52. The average Bonchev–Trinajstić information content (AvgIpc) is 2.12. The molecule has 0 aliphatic carbocycles. The summed E-state index contributed by atoms with van der Waals surface area (Å²) in [4.78, 5) is 11.5. The summed E-state index contributed by atoms with van der Waals surface area (Å²) in [7, 11) is 1.40. The minimum Gasteiger partial charge on any atom is -0.468 e. The van der Waals surface area contributed by atoms with Crippen LogP contribution in [-0.4, -0.2) is 25.2 Å². The monoisotopic (exact) mass is 185 g/mol. The number of nitrogens with one attached hydrogen (secondary N) is 1. The van der Waals surface area contributed by atoms with Crippen molar-refractivity contribution in [3.63, 3.8) is 0 Å². The number of hydrogen-bond donors (Lipinski definition) is 1. The first-order chi connectivity index (χ1) is 5.99. The van der Waals surface area contributed by atoms with Gasteiger partial charge in [-0.25, -0.2) is 0 Å². The third-order valence-corrected chi connectivity index (χ3v) is 2.38. The summed E-state index contributed by atoms with van der Waals surface area (Å²) in [5.74, 6) is -0.0516. The van der Waals surface area contributed by atoms with Crippen LogP contribution in [0, 0.1) is 5.92 Å². The summed E-state index contributed by atoms with van der Waals surface area (Å²) in [6.07, 6.45) is 1.73. The molecule has 0 aromatic rings. The number of ether oxygens (including phenoxy) is 1. The molecule has 0 rings (SSSR count). The van der Waals surface area contributed by atoms with Gasteiger partial charge in [0.15, 0.2) is 0 Å². The molecule has 0 amide bonds. The molecule has 0 saturated carbocycles. The SMILES string of the molecule is C=CCNC(C)(C(=O)OC)C(C)C. The van der Waals surface area contributed by atoms with E-state index in [1.165, 1.54) is 7.11 Å². The Morgan fingerprint density at radius 3 is 2.54 bits per heavy atom. The summed E-state index contributed by atoms with van der Waals surface area (Å²) < 4.78 is 4.74. The maximum Gasteiger partial charge on any atom is 0.326 e. The van der Waals surface area contributed by atoms with Gasteiger partial charge in [0.2, 0.25) is 0 Å². The second-order valence-corrected chi connectivity index (χ2v) is 3.52. The van der Waals surface area contributed by atoms with Gasteiger partial charge in [0.25, 0.3) is 0 Å². The van der Waals surface area contributed by atoms with Crippen molar-refractivity contribution in [2.45, 2.75) is 26.3 Å². The van der Waals surface area contributed by atoms with Crippen molar-refractivity contribution in [2.24, 2.45) is 5.92 Å². The maximum atomic E-state index is 11.5. The fraction of sp³-hybridized carbons (Fsp3) is 0.700. The van der Waals surface area contributed by atoms with Crippen molar-refractivity contribution in [1.29, 1.82) is 0 Å². The van der Waals surface area contributed by atoms with E-state index < -0.39 is 5.54 Å². The molecule has 0 saturated heterocycles. The predicted molar refractivity (Wildman–Crippen MR) is 53.5 cm³/mol. The van der Waals surface area contributed by atoms with Crippen molar-refractivity contribution in [1.82, 2.24) is 5.32 Å². The molecule has 0 aliphatic heterocycles. The van der Waals surface area contributed by atoms with E-state index >= 15 is 0 Å². The Morgan fingerprint density at radius 1 is 1.69 bits per heavy atom. The number of methoxy groups -OCH3 is 1. The van der Waals surface area contributed by atoms with Crippen LogP contribution in [0.3, 0.4) is 0 Å². The average molecular weight is 185 g/mol. The van der Waals surface area contributed by atoms with Crippen LogP contribution in [0.25, 0.3) is 0 Å². The normalized spacial score (nSPS) is 15.2. The Labute approximate surface area is 80.2 Å². The highest BCUT2D eigenvalue weighted by atomic mass is 16.5. The Balaban J connectivity index is 4.51. The van der Waals surface area contributed by atoms with E-state index in [1.807, 2.05) is 20.8 Å². The Kier molecular flexibility index (Phi) is 4.70. The summed E-state index contributed by atoms with van der Waals surface area (Å²) >= 11 is 0. The van der Waals surface area contributed by atoms with Crippen LogP contribution in [-0.2, 0) is 9.53 Å². The van der Waals surface area contributed by atoms with Gasteiger partial charge in [-0.15, -0.1) is 6.58 Å². The molecular weight excluding hydrogens is 166 g/mol. The fourth-order valence-corrected chi connectivity index (χ4v) is 1.01. The summed E-state index contributed by atoms with van der Waals surface area (Å²) in [5.41, 5.74) is -0.622. The van der Waals surface area contributed by atoms with Crippen molar-refractivity contribution in [2.75, 3.05) is 13.7 Å². The van der Waals surface area contributed by atoms with Crippen LogP contribution in [0.15, 0.2) is 12.7 Å². The first kappa shape index (κ1) is 12.2. The molecular formula is C10H19NO2. The zero-order valence-electron chi connectivity index (χ0n) is 8.89. The van der Waals surface area contributed by atoms with E-state index in [-0.39, 0.29) is 11.9 Å². The van der Waals surface area contributed by atoms with Crippen molar-refractivity contribution < 1.29 is 9.53 Å². The Morgan fingerprint density at radius 2 is 2.23 bits per heavy atom. The molecule has 3 nitrogen and oxygen atoms in total. The molecule has 0 fully saturated rings. The third kappa shape index (κ3) is 2.84. The maximum absolute atomic E-state index is 11.5. The molecule has 0 aromatic heterocycles. The van der Waals surface area contributed by atoms with E-state index in [0.29, 0.717) is 6.54 Å². The first-order valence-corrected chi connectivity index (χ1v) is 4.43. The summed E-state index contributed by atoms with van der Waals surface area (Å²) in [5, 5.41) is 3.10. The van der Waals surface area contributed by atoms with Gasteiger partial charge in [-0.3, -0.25) is 10.1 Å². The molecule has 0 aromatic carbocycles. The highest BCUT2D eigenvalue weighted by Crippen LogP contribution is 2.17. The summed E-state index contributed by atoms with van der Waals surface area (Å²) in [6, 6.07) is 0. The van der Waals surface area contributed by atoms with Crippen LogP contribution in [0.4, 0.5) is 0 Å². The molecule has 1 atom stereocenters. The van der Waals surface area contributed by atoms with Crippen molar-refractivity contribution >= 4 is 5.97 Å². The topological polar surface area (TPSA) is 38.3 Å². The number of carbonyl (C=O) groups is 1. The third-order valence-electron chi connectivity index (χ3n) is 2.38. The minimum atomic E-state index is -0.622. The van der Waals surface area contributed by atoms with Crippen LogP contribution in [0.1, 0.15) is 20.8 Å². The van der Waals surface area contributed by atoms with Gasteiger partial charge < -0.3 is 4.74 Å². The van der Waals surface area contributed by atoms with E-state index in [1.54, 1.807) is 6.08 Å². The van der Waals surface area contributed by atoms with Crippen LogP contribution in [0.5, 0.6) is 0 Å². The first-order valence-electron chi connectivity index (χ1n) is 4.43. The fourth-order valence-electron chi connectivity index (χ4n) is 1.01. The van der Waals surface area contributed by atoms with Crippen molar-refractivity contribution in [3.8, 4) is 0 Å². The smallest absolute Gasteiger partial charge is 0.326 e. The van der Waals surface area contributed by atoms with E-state index in [0.717, 1.165) is 0 Å². The van der Waals surface area contributed by atoms with E-state index in [2.05, 4.69) is 11.9 Å². The largest absolute Gasteiger partial charge is 0.468 e. The lowest BCUT2D eigenvalue weighted by atomic mass is 9.88. The van der Waals surface area contributed by atoms with Gasteiger partial charge in [-0.2, -0.15) is 0 Å². The molecule has 76 valence electrons. The van der Waals surface area contributed by atoms with Gasteiger partial charge in [0.05, 0.1) is 7.11 Å². The quantitative estimate of drug-likeness (QED) is 0.519. The van der Waals surface area contributed by atoms with Crippen molar-refractivity contribution in [3.05, 3.63) is 12.7 Å². The molecule has 13 heavy (non-hydrogen) atoms. The van der Waals surface area contributed by atoms with Crippen LogP contribution in [0.2, 0.25) is 0 Å². The van der Waals surface area contributed by atoms with Gasteiger partial charge in [0, 0.05) is 6.54 Å². The number of hydrogen-bond acceptors (Lipinski definition) is 3.